The molecule has 0 aliphatic rings. The largest absolute Gasteiger partial charge is 0.497 e. The van der Waals surface area contributed by atoms with Gasteiger partial charge in [0.15, 0.2) is 0 Å². The molecule has 1 heterocycles. The molecule has 0 N–H and O–H groups in total. The maximum atomic E-state index is 13.9. The second-order valence-electron chi connectivity index (χ2n) is 7.26. The van der Waals surface area contributed by atoms with Crippen LogP contribution >= 0.6 is 11.6 Å². The average molecular weight is 505 g/mol. The molecule has 0 saturated carbocycles. The van der Waals surface area contributed by atoms with E-state index in [1.807, 2.05) is 0 Å². The molecule has 6 nitrogen and oxygen atoms in total. The average Bonchev–Trinajstić information content (AvgIpc) is 2.83. The third kappa shape index (κ3) is 4.81. The zero-order valence-corrected chi connectivity index (χ0v) is 19.0. The lowest BCUT2D eigenvalue weighted by Crippen LogP contribution is -2.16. The van der Waals surface area contributed by atoms with Gasteiger partial charge in [0.1, 0.15) is 22.8 Å². The summed E-state index contributed by atoms with van der Waals surface area (Å²) in [5.74, 6) is -1.80. The monoisotopic (exact) mass is 504 g/mol. The SMILES string of the molecule is COc1cc(OC)cc(C(=O)Oc2ccc3c(=O)c(-c4ccccc4Cl)c(C(F)(F)F)oc3c2)c1. The van der Waals surface area contributed by atoms with Crippen LogP contribution in [0.15, 0.2) is 69.9 Å². The van der Waals surface area contributed by atoms with Gasteiger partial charge in [0.05, 0.1) is 30.7 Å². The summed E-state index contributed by atoms with van der Waals surface area (Å²) in [6.45, 7) is 0. The van der Waals surface area contributed by atoms with Crippen LogP contribution in [0.1, 0.15) is 16.1 Å². The Morgan fingerprint density at radius 3 is 2.17 bits per heavy atom. The Kier molecular flexibility index (Phi) is 6.45. The number of hydrogen-bond donors (Lipinski definition) is 0. The first kappa shape index (κ1) is 24.2. The predicted molar refractivity (Wildman–Crippen MR) is 122 cm³/mol. The summed E-state index contributed by atoms with van der Waals surface area (Å²) in [7, 11) is 2.81. The molecule has 10 heteroatoms. The highest BCUT2D eigenvalue weighted by atomic mass is 35.5. The summed E-state index contributed by atoms with van der Waals surface area (Å²) in [6, 6.07) is 13.6. The van der Waals surface area contributed by atoms with Crippen LogP contribution in [0.3, 0.4) is 0 Å². The first-order valence-electron chi connectivity index (χ1n) is 10.0. The van der Waals surface area contributed by atoms with Gasteiger partial charge in [-0.15, -0.1) is 0 Å². The fourth-order valence-corrected chi connectivity index (χ4v) is 3.67. The quantitative estimate of drug-likeness (QED) is 0.232. The van der Waals surface area contributed by atoms with Crippen molar-refractivity contribution in [3.05, 3.63) is 87.2 Å². The molecular formula is C25H16ClF3O6. The summed E-state index contributed by atoms with van der Waals surface area (Å²) >= 11 is 6.06. The molecule has 0 fully saturated rings. The van der Waals surface area contributed by atoms with Crippen LogP contribution in [0.25, 0.3) is 22.1 Å². The maximum Gasteiger partial charge on any atom is 0.450 e. The highest BCUT2D eigenvalue weighted by Crippen LogP contribution is 2.39. The molecule has 1 aromatic heterocycles. The van der Waals surface area contributed by atoms with Crippen molar-refractivity contribution in [3.8, 4) is 28.4 Å². The highest BCUT2D eigenvalue weighted by molar-refractivity contribution is 6.33. The molecule has 0 unspecified atom stereocenters. The Morgan fingerprint density at radius 1 is 0.914 bits per heavy atom. The topological polar surface area (TPSA) is 75.0 Å². The van der Waals surface area contributed by atoms with Gasteiger partial charge in [-0.3, -0.25) is 4.79 Å². The van der Waals surface area contributed by atoms with Gasteiger partial charge in [-0.25, -0.2) is 4.79 Å². The van der Waals surface area contributed by atoms with Crippen LogP contribution in [0.5, 0.6) is 17.2 Å². The number of rotatable bonds is 5. The second kappa shape index (κ2) is 9.34. The van der Waals surface area contributed by atoms with Crippen LogP contribution in [0, 0.1) is 0 Å². The Bertz CT molecular complexity index is 1470. The third-order valence-electron chi connectivity index (χ3n) is 5.06. The van der Waals surface area contributed by atoms with Gasteiger partial charge in [0.25, 0.3) is 0 Å². The molecule has 0 amide bonds. The normalized spacial score (nSPS) is 11.4. The van der Waals surface area contributed by atoms with Crippen molar-refractivity contribution in [1.82, 2.24) is 0 Å². The van der Waals surface area contributed by atoms with E-state index in [0.717, 1.165) is 6.07 Å². The van der Waals surface area contributed by atoms with Crippen LogP contribution in [0.4, 0.5) is 13.2 Å². The van der Waals surface area contributed by atoms with Gasteiger partial charge < -0.3 is 18.6 Å². The number of methoxy groups -OCH3 is 2. The summed E-state index contributed by atoms with van der Waals surface area (Å²) in [5.41, 5.74) is -2.08. The number of carbonyl (C=O) groups is 1. The first-order chi connectivity index (χ1) is 16.6. The smallest absolute Gasteiger partial charge is 0.450 e. The number of carbonyl (C=O) groups excluding carboxylic acids is 1. The van der Waals surface area contributed by atoms with Gasteiger partial charge in [-0.1, -0.05) is 29.8 Å². The van der Waals surface area contributed by atoms with E-state index < -0.39 is 34.5 Å². The summed E-state index contributed by atoms with van der Waals surface area (Å²) in [6.07, 6.45) is -4.99. The van der Waals surface area contributed by atoms with Gasteiger partial charge >= 0.3 is 12.1 Å². The molecule has 4 rings (SSSR count). The Morgan fingerprint density at radius 2 is 1.57 bits per heavy atom. The number of ether oxygens (including phenoxy) is 3. The first-order valence-corrected chi connectivity index (χ1v) is 10.4. The van der Waals surface area contributed by atoms with Crippen LogP contribution in [-0.2, 0) is 6.18 Å². The Balaban J connectivity index is 1.80. The lowest BCUT2D eigenvalue weighted by atomic mass is 10.0. The van der Waals surface area contributed by atoms with Crippen molar-refractivity contribution >= 4 is 28.5 Å². The minimum atomic E-state index is -4.99. The summed E-state index contributed by atoms with van der Waals surface area (Å²) in [5, 5.41) is -0.181. The molecule has 0 spiro atoms. The Labute approximate surface area is 201 Å². The Hall–Kier alpha value is -3.98. The molecule has 0 radical (unpaired) electrons. The molecule has 3 aromatic carbocycles. The molecule has 4 aromatic rings. The maximum absolute atomic E-state index is 13.9. The van der Waals surface area contributed by atoms with E-state index in [1.165, 1.54) is 62.8 Å². The van der Waals surface area contributed by atoms with E-state index in [1.54, 1.807) is 6.07 Å². The molecule has 0 aliphatic carbocycles. The van der Waals surface area contributed by atoms with Crippen molar-refractivity contribution in [2.45, 2.75) is 6.18 Å². The lowest BCUT2D eigenvalue weighted by molar-refractivity contribution is -0.152. The molecule has 180 valence electrons. The van der Waals surface area contributed by atoms with Crippen LogP contribution in [0.2, 0.25) is 5.02 Å². The molecule has 0 atom stereocenters. The number of fused-ring (bicyclic) bond motifs is 1. The van der Waals surface area contributed by atoms with Crippen molar-refractivity contribution in [2.24, 2.45) is 0 Å². The summed E-state index contributed by atoms with van der Waals surface area (Å²) in [4.78, 5) is 25.7. The van der Waals surface area contributed by atoms with E-state index in [0.29, 0.717) is 11.5 Å². The van der Waals surface area contributed by atoms with Crippen molar-refractivity contribution in [3.63, 3.8) is 0 Å². The number of benzene rings is 3. The van der Waals surface area contributed by atoms with Crippen molar-refractivity contribution < 1.29 is 36.6 Å². The van der Waals surface area contributed by atoms with Crippen molar-refractivity contribution in [1.29, 1.82) is 0 Å². The standard InChI is InChI=1S/C25H16ClF3O6/c1-32-15-9-13(10-16(11-15)33-2)24(31)34-14-7-8-18-20(12-14)35-23(25(27,28)29)21(22(18)30)17-5-3-4-6-19(17)26/h3-12H,1-2H3. The van der Waals surface area contributed by atoms with Gasteiger partial charge in [-0.05, 0) is 30.3 Å². The predicted octanol–water partition coefficient (Wildman–Crippen LogP) is 6.37. The van der Waals surface area contributed by atoms with E-state index >= 15 is 0 Å². The fraction of sp³-hybridized carbons (Fsp3) is 0.120. The van der Waals surface area contributed by atoms with E-state index in [-0.39, 0.29) is 27.3 Å². The molecule has 0 bridgehead atoms. The highest BCUT2D eigenvalue weighted by Gasteiger charge is 2.39. The van der Waals surface area contributed by atoms with E-state index in [9.17, 15) is 22.8 Å². The van der Waals surface area contributed by atoms with E-state index in [2.05, 4.69) is 0 Å². The minimum Gasteiger partial charge on any atom is -0.497 e. The zero-order valence-electron chi connectivity index (χ0n) is 18.2. The van der Waals surface area contributed by atoms with Crippen molar-refractivity contribution in [2.75, 3.05) is 14.2 Å². The number of alkyl halides is 3. The zero-order chi connectivity index (χ0) is 25.3. The molecule has 0 saturated heterocycles. The summed E-state index contributed by atoms with van der Waals surface area (Å²) < 4.78 is 62.2. The number of hydrogen-bond acceptors (Lipinski definition) is 6. The lowest BCUT2D eigenvalue weighted by Gasteiger charge is -2.14. The molecular weight excluding hydrogens is 489 g/mol. The van der Waals surface area contributed by atoms with Gasteiger partial charge in [0.2, 0.25) is 11.2 Å². The molecule has 35 heavy (non-hydrogen) atoms. The molecule has 0 aliphatic heterocycles. The number of halogens is 4. The number of esters is 1. The van der Waals surface area contributed by atoms with Crippen LogP contribution < -0.4 is 19.6 Å². The third-order valence-corrected chi connectivity index (χ3v) is 5.39. The van der Waals surface area contributed by atoms with Crippen LogP contribution in [-0.4, -0.2) is 20.2 Å². The van der Waals surface area contributed by atoms with Gasteiger partial charge in [-0.2, -0.15) is 13.2 Å². The fourth-order valence-electron chi connectivity index (χ4n) is 3.44. The second-order valence-corrected chi connectivity index (χ2v) is 7.67. The van der Waals surface area contributed by atoms with E-state index in [4.69, 9.17) is 30.2 Å². The minimum absolute atomic E-state index is 0.0380. The van der Waals surface area contributed by atoms with Gasteiger partial charge in [0, 0.05) is 22.7 Å².